The first-order chi connectivity index (χ1) is 6.68. The van der Waals surface area contributed by atoms with Gasteiger partial charge in [0.15, 0.2) is 17.3 Å². The minimum absolute atomic E-state index is 0.0399. The second-order valence-corrected chi connectivity index (χ2v) is 2.55. The van der Waals surface area contributed by atoms with Gasteiger partial charge in [-0.2, -0.15) is 0 Å². The van der Waals surface area contributed by atoms with Crippen LogP contribution in [0.5, 0.6) is 17.2 Å². The Hall–Kier alpha value is -1.47. The van der Waals surface area contributed by atoms with Gasteiger partial charge in [-0.25, -0.2) is 4.39 Å². The standard InChI is InChI=1S/C7H6BFO5/c9-4-1-2-5-7(13-3-12-5)6(4)14-8(10)11/h1-2,10-11H,3H2. The highest BCUT2D eigenvalue weighted by atomic mass is 19.1. The van der Waals surface area contributed by atoms with Gasteiger partial charge in [0, 0.05) is 0 Å². The molecule has 0 bridgehead atoms. The molecule has 74 valence electrons. The number of halogens is 1. The van der Waals surface area contributed by atoms with Crippen LogP contribution in [0, 0.1) is 5.82 Å². The number of fused-ring (bicyclic) bond motifs is 1. The Morgan fingerprint density at radius 1 is 1.36 bits per heavy atom. The zero-order valence-corrected chi connectivity index (χ0v) is 6.94. The molecule has 14 heavy (non-hydrogen) atoms. The van der Waals surface area contributed by atoms with Gasteiger partial charge in [-0.3, -0.25) is 0 Å². The fourth-order valence-electron chi connectivity index (χ4n) is 1.14. The fourth-order valence-corrected chi connectivity index (χ4v) is 1.14. The van der Waals surface area contributed by atoms with Crippen LogP contribution in [-0.4, -0.2) is 24.2 Å². The van der Waals surface area contributed by atoms with Crippen molar-refractivity contribution in [3.05, 3.63) is 17.9 Å². The molecule has 1 aromatic rings. The first-order valence-electron chi connectivity index (χ1n) is 3.79. The van der Waals surface area contributed by atoms with E-state index in [1.54, 1.807) is 0 Å². The topological polar surface area (TPSA) is 68.2 Å². The van der Waals surface area contributed by atoms with E-state index in [4.69, 9.17) is 19.5 Å². The van der Waals surface area contributed by atoms with Crippen molar-refractivity contribution in [2.24, 2.45) is 0 Å². The molecule has 0 spiro atoms. The molecular formula is C7H6BFO5. The summed E-state index contributed by atoms with van der Waals surface area (Å²) in [5.41, 5.74) is 0. The molecule has 1 aliphatic rings. The Kier molecular flexibility index (Phi) is 2.18. The van der Waals surface area contributed by atoms with Gasteiger partial charge in [-0.15, -0.1) is 0 Å². The molecule has 0 amide bonds. The smallest absolute Gasteiger partial charge is 0.507 e. The molecular weight excluding hydrogens is 194 g/mol. The van der Waals surface area contributed by atoms with Crippen LogP contribution in [0.4, 0.5) is 4.39 Å². The fraction of sp³-hybridized carbons (Fsp3) is 0.143. The number of hydrogen-bond acceptors (Lipinski definition) is 5. The predicted octanol–water partition coefficient (Wildman–Crippen LogP) is -0.0973. The monoisotopic (exact) mass is 200 g/mol. The van der Waals surface area contributed by atoms with Crippen LogP contribution >= 0.6 is 0 Å². The lowest BCUT2D eigenvalue weighted by atomic mass is 10.2. The molecule has 0 radical (unpaired) electrons. The predicted molar refractivity (Wildman–Crippen MR) is 43.3 cm³/mol. The Balaban J connectivity index is 2.41. The van der Waals surface area contributed by atoms with Crippen LogP contribution in [0.25, 0.3) is 0 Å². The van der Waals surface area contributed by atoms with E-state index in [0.717, 1.165) is 6.07 Å². The van der Waals surface area contributed by atoms with Gasteiger partial charge < -0.3 is 24.2 Å². The third-order valence-corrected chi connectivity index (χ3v) is 1.67. The zero-order chi connectivity index (χ0) is 10.1. The Morgan fingerprint density at radius 3 is 2.86 bits per heavy atom. The molecule has 1 aromatic carbocycles. The maximum Gasteiger partial charge on any atom is 0.707 e. The summed E-state index contributed by atoms with van der Waals surface area (Å²) in [6, 6.07) is 2.46. The maximum absolute atomic E-state index is 13.1. The molecule has 0 saturated heterocycles. The summed E-state index contributed by atoms with van der Waals surface area (Å²) in [6.07, 6.45) is 0. The minimum Gasteiger partial charge on any atom is -0.507 e. The first kappa shape index (κ1) is 9.10. The normalized spacial score (nSPS) is 12.8. The van der Waals surface area contributed by atoms with Crippen molar-refractivity contribution in [3.8, 4) is 17.2 Å². The second-order valence-electron chi connectivity index (χ2n) is 2.55. The average molecular weight is 200 g/mol. The SMILES string of the molecule is OB(O)Oc1c(F)ccc2c1OCO2. The van der Waals surface area contributed by atoms with Crippen molar-refractivity contribution >= 4 is 7.32 Å². The molecule has 1 aliphatic heterocycles. The van der Waals surface area contributed by atoms with Crippen LogP contribution in [0.15, 0.2) is 12.1 Å². The zero-order valence-electron chi connectivity index (χ0n) is 6.94. The van der Waals surface area contributed by atoms with Crippen molar-refractivity contribution in [3.63, 3.8) is 0 Å². The van der Waals surface area contributed by atoms with Gasteiger partial charge in [0.1, 0.15) is 0 Å². The second kappa shape index (κ2) is 3.35. The summed E-state index contributed by atoms with van der Waals surface area (Å²) >= 11 is 0. The first-order valence-corrected chi connectivity index (χ1v) is 3.79. The third kappa shape index (κ3) is 1.47. The average Bonchev–Trinajstić information content (AvgIpc) is 2.57. The molecule has 0 aromatic heterocycles. The largest absolute Gasteiger partial charge is 0.707 e. The molecule has 0 atom stereocenters. The Bertz CT molecular complexity index is 356. The van der Waals surface area contributed by atoms with Gasteiger partial charge in [0.2, 0.25) is 12.5 Å². The number of ether oxygens (including phenoxy) is 2. The summed E-state index contributed by atoms with van der Waals surface area (Å²) in [6.45, 7) is -0.0450. The van der Waals surface area contributed by atoms with Crippen LogP contribution in [0.3, 0.4) is 0 Å². The lowest BCUT2D eigenvalue weighted by Crippen LogP contribution is -2.21. The number of hydrogen-bond donors (Lipinski definition) is 2. The molecule has 0 aliphatic carbocycles. The molecule has 0 fully saturated rings. The molecule has 2 rings (SSSR count). The molecule has 0 saturated carbocycles. The van der Waals surface area contributed by atoms with Crippen molar-refractivity contribution < 1.29 is 28.6 Å². The lowest BCUT2D eigenvalue weighted by Gasteiger charge is -2.08. The van der Waals surface area contributed by atoms with E-state index in [9.17, 15) is 4.39 Å². The van der Waals surface area contributed by atoms with Crippen molar-refractivity contribution in [2.75, 3.05) is 6.79 Å². The van der Waals surface area contributed by atoms with Gasteiger partial charge in [0.25, 0.3) is 0 Å². The van der Waals surface area contributed by atoms with E-state index in [0.29, 0.717) is 5.75 Å². The van der Waals surface area contributed by atoms with E-state index < -0.39 is 13.1 Å². The molecule has 0 unspecified atom stereocenters. The Labute approximate surface area is 78.8 Å². The highest BCUT2D eigenvalue weighted by Crippen LogP contribution is 2.42. The van der Waals surface area contributed by atoms with Gasteiger partial charge >= 0.3 is 7.32 Å². The van der Waals surface area contributed by atoms with E-state index in [2.05, 4.69) is 4.65 Å². The van der Waals surface area contributed by atoms with Crippen LogP contribution in [0.1, 0.15) is 0 Å². The summed E-state index contributed by atoms with van der Waals surface area (Å²) < 4.78 is 27.4. The van der Waals surface area contributed by atoms with E-state index in [1.165, 1.54) is 6.07 Å². The summed E-state index contributed by atoms with van der Waals surface area (Å²) in [4.78, 5) is 0. The van der Waals surface area contributed by atoms with Gasteiger partial charge in [-0.05, 0) is 12.1 Å². The molecule has 7 heteroatoms. The minimum atomic E-state index is -2.10. The summed E-state index contributed by atoms with van der Waals surface area (Å²) in [5, 5.41) is 17.1. The van der Waals surface area contributed by atoms with Crippen molar-refractivity contribution in [2.45, 2.75) is 0 Å². The van der Waals surface area contributed by atoms with E-state index in [1.807, 2.05) is 0 Å². The lowest BCUT2D eigenvalue weighted by molar-refractivity contribution is 0.170. The molecule has 2 N–H and O–H groups in total. The van der Waals surface area contributed by atoms with Crippen LogP contribution < -0.4 is 14.1 Å². The van der Waals surface area contributed by atoms with Crippen molar-refractivity contribution in [1.29, 1.82) is 0 Å². The maximum atomic E-state index is 13.1. The third-order valence-electron chi connectivity index (χ3n) is 1.67. The van der Waals surface area contributed by atoms with Crippen LogP contribution in [0.2, 0.25) is 0 Å². The number of benzene rings is 1. The van der Waals surface area contributed by atoms with Gasteiger partial charge in [-0.1, -0.05) is 0 Å². The van der Waals surface area contributed by atoms with Crippen LogP contribution in [-0.2, 0) is 0 Å². The molecule has 1 heterocycles. The Morgan fingerprint density at radius 2 is 2.14 bits per heavy atom. The summed E-state index contributed by atoms with van der Waals surface area (Å²) in [7, 11) is -2.10. The molecule has 5 nitrogen and oxygen atoms in total. The van der Waals surface area contributed by atoms with Gasteiger partial charge in [0.05, 0.1) is 0 Å². The highest BCUT2D eigenvalue weighted by molar-refractivity contribution is 6.33. The highest BCUT2D eigenvalue weighted by Gasteiger charge is 2.25. The number of rotatable bonds is 2. The van der Waals surface area contributed by atoms with E-state index >= 15 is 0 Å². The summed E-state index contributed by atoms with van der Waals surface area (Å²) in [5.74, 6) is -0.766. The van der Waals surface area contributed by atoms with Crippen molar-refractivity contribution in [1.82, 2.24) is 0 Å². The quantitative estimate of drug-likeness (QED) is 0.652. The van der Waals surface area contributed by atoms with E-state index in [-0.39, 0.29) is 18.3 Å².